The van der Waals surface area contributed by atoms with E-state index in [1.54, 1.807) is 12.1 Å². The molecule has 2 aliphatic heterocycles. The number of fused-ring (bicyclic) bond motifs is 1. The number of carbonyl (C=O) groups excluding carboxylic acids is 4. The van der Waals surface area contributed by atoms with Crippen LogP contribution < -0.4 is 5.32 Å². The number of nitrogens with zero attached hydrogens (tertiary/aromatic N) is 2. The standard InChI is InChI=1S/C21H27N3O4/c1-4-18(25)23-9-7-15(8-10-23)22-19(26)14-5-6-16-17(11-14)21(28)24(20(16)27)12-13(2)3/h5-6,11,13,15H,4,7-10,12H2,1-3H3,(H,22,26). The summed E-state index contributed by atoms with van der Waals surface area (Å²) in [5.74, 6) is -0.582. The molecule has 2 heterocycles. The first kappa shape index (κ1) is 20.0. The van der Waals surface area contributed by atoms with Crippen LogP contribution in [0, 0.1) is 5.92 Å². The summed E-state index contributed by atoms with van der Waals surface area (Å²) >= 11 is 0. The molecule has 0 radical (unpaired) electrons. The van der Waals surface area contributed by atoms with Crippen LogP contribution >= 0.6 is 0 Å². The van der Waals surface area contributed by atoms with E-state index < -0.39 is 0 Å². The van der Waals surface area contributed by atoms with Gasteiger partial charge >= 0.3 is 0 Å². The fraction of sp³-hybridized carbons (Fsp3) is 0.524. The van der Waals surface area contributed by atoms with Gasteiger partial charge in [0.05, 0.1) is 11.1 Å². The van der Waals surface area contributed by atoms with E-state index >= 15 is 0 Å². The van der Waals surface area contributed by atoms with Gasteiger partial charge in [0.2, 0.25) is 5.91 Å². The fourth-order valence-electron chi connectivity index (χ4n) is 3.73. The Morgan fingerprint density at radius 3 is 2.36 bits per heavy atom. The Hall–Kier alpha value is -2.70. The summed E-state index contributed by atoms with van der Waals surface area (Å²) in [7, 11) is 0. The molecular formula is C21H27N3O4. The molecule has 0 atom stereocenters. The van der Waals surface area contributed by atoms with Crippen LogP contribution in [0.4, 0.5) is 0 Å². The predicted octanol–water partition coefficient (Wildman–Crippen LogP) is 2.07. The van der Waals surface area contributed by atoms with Gasteiger partial charge in [-0.3, -0.25) is 24.1 Å². The lowest BCUT2D eigenvalue weighted by Gasteiger charge is -2.32. The van der Waals surface area contributed by atoms with Gasteiger partial charge in [0, 0.05) is 37.7 Å². The average Bonchev–Trinajstić information content (AvgIpc) is 2.92. The highest BCUT2D eigenvalue weighted by atomic mass is 16.2. The van der Waals surface area contributed by atoms with Gasteiger partial charge < -0.3 is 10.2 Å². The van der Waals surface area contributed by atoms with Crippen LogP contribution in [0.25, 0.3) is 0 Å². The molecule has 1 aromatic rings. The molecule has 2 aliphatic rings. The molecular weight excluding hydrogens is 358 g/mol. The SMILES string of the molecule is CCC(=O)N1CCC(NC(=O)c2ccc3c(c2)C(=O)N(CC(C)C)C3=O)CC1. The number of amides is 4. The molecule has 0 unspecified atom stereocenters. The van der Waals surface area contributed by atoms with E-state index in [1.807, 2.05) is 25.7 Å². The Bertz CT molecular complexity index is 810. The van der Waals surface area contributed by atoms with Crippen molar-refractivity contribution in [1.29, 1.82) is 0 Å². The Kier molecular flexibility index (Phi) is 5.82. The number of imide groups is 1. The molecule has 1 fully saturated rings. The number of nitrogens with one attached hydrogen (secondary N) is 1. The largest absolute Gasteiger partial charge is 0.349 e. The lowest BCUT2D eigenvalue weighted by atomic mass is 10.0. The normalized spacial score (nSPS) is 17.3. The molecule has 0 bridgehead atoms. The van der Waals surface area contributed by atoms with Crippen LogP contribution in [0.15, 0.2) is 18.2 Å². The highest BCUT2D eigenvalue weighted by Gasteiger charge is 2.36. The molecule has 0 aromatic heterocycles. The second kappa shape index (κ2) is 8.12. The molecule has 1 N–H and O–H groups in total. The zero-order valence-electron chi connectivity index (χ0n) is 16.7. The van der Waals surface area contributed by atoms with Gasteiger partial charge in [0.25, 0.3) is 17.7 Å². The number of hydrogen-bond acceptors (Lipinski definition) is 4. The minimum Gasteiger partial charge on any atom is -0.349 e. The van der Waals surface area contributed by atoms with Gasteiger partial charge in [-0.2, -0.15) is 0 Å². The van der Waals surface area contributed by atoms with Crippen molar-refractivity contribution in [2.45, 2.75) is 46.1 Å². The van der Waals surface area contributed by atoms with Crippen molar-refractivity contribution < 1.29 is 19.2 Å². The topological polar surface area (TPSA) is 86.8 Å². The molecule has 28 heavy (non-hydrogen) atoms. The zero-order valence-corrected chi connectivity index (χ0v) is 16.7. The number of likely N-dealkylation sites (tertiary alicyclic amines) is 1. The molecule has 3 rings (SSSR count). The van der Waals surface area contributed by atoms with E-state index in [0.29, 0.717) is 55.6 Å². The third-order valence-electron chi connectivity index (χ3n) is 5.27. The molecule has 150 valence electrons. The predicted molar refractivity (Wildman–Crippen MR) is 104 cm³/mol. The molecule has 0 spiro atoms. The maximum atomic E-state index is 12.6. The monoisotopic (exact) mass is 385 g/mol. The van der Waals surface area contributed by atoms with Gasteiger partial charge in [-0.15, -0.1) is 0 Å². The maximum Gasteiger partial charge on any atom is 0.261 e. The van der Waals surface area contributed by atoms with Gasteiger partial charge in [0.15, 0.2) is 0 Å². The highest BCUT2D eigenvalue weighted by Crippen LogP contribution is 2.25. The lowest BCUT2D eigenvalue weighted by molar-refractivity contribution is -0.131. The second-order valence-corrected chi connectivity index (χ2v) is 7.86. The maximum absolute atomic E-state index is 12.6. The highest BCUT2D eigenvalue weighted by molar-refractivity contribution is 6.22. The fourth-order valence-corrected chi connectivity index (χ4v) is 3.73. The smallest absolute Gasteiger partial charge is 0.261 e. The number of benzene rings is 1. The first-order valence-electron chi connectivity index (χ1n) is 9.90. The summed E-state index contributed by atoms with van der Waals surface area (Å²) in [6, 6.07) is 4.67. The van der Waals surface area contributed by atoms with Crippen molar-refractivity contribution in [3.05, 3.63) is 34.9 Å². The number of carbonyl (C=O) groups is 4. The van der Waals surface area contributed by atoms with Crippen molar-refractivity contribution in [2.75, 3.05) is 19.6 Å². The second-order valence-electron chi connectivity index (χ2n) is 7.86. The lowest BCUT2D eigenvalue weighted by Crippen LogP contribution is -2.46. The quantitative estimate of drug-likeness (QED) is 0.786. The van der Waals surface area contributed by atoms with Crippen LogP contribution in [0.2, 0.25) is 0 Å². The summed E-state index contributed by atoms with van der Waals surface area (Å²) in [4.78, 5) is 52.4. The summed E-state index contributed by atoms with van der Waals surface area (Å²) in [5.41, 5.74) is 1.02. The van der Waals surface area contributed by atoms with E-state index in [-0.39, 0.29) is 35.6 Å². The Balaban J connectivity index is 1.66. The van der Waals surface area contributed by atoms with E-state index in [4.69, 9.17) is 0 Å². The third-order valence-corrected chi connectivity index (χ3v) is 5.27. The van der Waals surface area contributed by atoms with Crippen molar-refractivity contribution in [3.63, 3.8) is 0 Å². The average molecular weight is 385 g/mol. The van der Waals surface area contributed by atoms with E-state index in [2.05, 4.69) is 5.32 Å². The number of piperidine rings is 1. The summed E-state index contributed by atoms with van der Waals surface area (Å²) in [6.45, 7) is 7.38. The van der Waals surface area contributed by atoms with Gasteiger partial charge in [-0.25, -0.2) is 0 Å². The Morgan fingerprint density at radius 2 is 1.75 bits per heavy atom. The Morgan fingerprint density at radius 1 is 1.11 bits per heavy atom. The molecule has 7 nitrogen and oxygen atoms in total. The first-order chi connectivity index (χ1) is 13.3. The van der Waals surface area contributed by atoms with Crippen LogP contribution in [0.1, 0.15) is 71.1 Å². The van der Waals surface area contributed by atoms with Gasteiger partial charge in [-0.1, -0.05) is 20.8 Å². The summed E-state index contributed by atoms with van der Waals surface area (Å²) < 4.78 is 0. The van der Waals surface area contributed by atoms with Crippen molar-refractivity contribution in [3.8, 4) is 0 Å². The van der Waals surface area contributed by atoms with Crippen LogP contribution in [-0.4, -0.2) is 59.1 Å². The minimum absolute atomic E-state index is 0.00330. The molecule has 4 amide bonds. The van der Waals surface area contributed by atoms with E-state index in [1.165, 1.54) is 11.0 Å². The minimum atomic E-state index is -0.338. The zero-order chi connectivity index (χ0) is 20.4. The molecule has 7 heteroatoms. The number of hydrogen-bond donors (Lipinski definition) is 1. The Labute approximate surface area is 165 Å². The van der Waals surface area contributed by atoms with E-state index in [0.717, 1.165) is 0 Å². The third kappa shape index (κ3) is 3.93. The van der Waals surface area contributed by atoms with Crippen LogP contribution in [-0.2, 0) is 4.79 Å². The molecule has 0 saturated carbocycles. The van der Waals surface area contributed by atoms with Crippen molar-refractivity contribution >= 4 is 23.6 Å². The van der Waals surface area contributed by atoms with Gasteiger partial charge in [0.1, 0.15) is 0 Å². The molecule has 1 saturated heterocycles. The van der Waals surface area contributed by atoms with Gasteiger partial charge in [-0.05, 0) is 37.0 Å². The molecule has 0 aliphatic carbocycles. The number of rotatable bonds is 5. The van der Waals surface area contributed by atoms with E-state index in [9.17, 15) is 19.2 Å². The summed E-state index contributed by atoms with van der Waals surface area (Å²) in [5, 5.41) is 2.99. The van der Waals surface area contributed by atoms with Crippen LogP contribution in [0.3, 0.4) is 0 Å². The van der Waals surface area contributed by atoms with Crippen molar-refractivity contribution in [2.24, 2.45) is 5.92 Å². The summed E-state index contributed by atoms with van der Waals surface area (Å²) in [6.07, 6.45) is 1.91. The van der Waals surface area contributed by atoms with Crippen molar-refractivity contribution in [1.82, 2.24) is 15.1 Å². The first-order valence-corrected chi connectivity index (χ1v) is 9.90. The molecule has 1 aromatic carbocycles. The van der Waals surface area contributed by atoms with Crippen LogP contribution in [0.5, 0.6) is 0 Å².